The SMILES string of the molecule is CCC(C)C(C(=O)O)C1CCCCC1. The number of carboxylic acids is 1. The van der Waals surface area contributed by atoms with Gasteiger partial charge in [0.1, 0.15) is 0 Å². The molecule has 82 valence electrons. The van der Waals surface area contributed by atoms with E-state index in [4.69, 9.17) is 0 Å². The van der Waals surface area contributed by atoms with Crippen LogP contribution in [-0.2, 0) is 4.79 Å². The molecule has 1 saturated carbocycles. The van der Waals surface area contributed by atoms with Crippen LogP contribution in [0.3, 0.4) is 0 Å². The van der Waals surface area contributed by atoms with Crippen LogP contribution in [0.5, 0.6) is 0 Å². The molecule has 2 nitrogen and oxygen atoms in total. The normalized spacial score (nSPS) is 23.0. The predicted molar refractivity (Wildman–Crippen MR) is 57.2 cm³/mol. The Balaban J connectivity index is 2.60. The maximum atomic E-state index is 11.2. The van der Waals surface area contributed by atoms with E-state index in [9.17, 15) is 9.90 Å². The number of carbonyl (C=O) groups is 1. The molecule has 0 radical (unpaired) electrons. The van der Waals surface area contributed by atoms with Crippen molar-refractivity contribution in [2.75, 3.05) is 0 Å². The lowest BCUT2D eigenvalue weighted by atomic mass is 9.74. The number of rotatable bonds is 4. The van der Waals surface area contributed by atoms with E-state index in [1.807, 2.05) is 0 Å². The second-order valence-electron chi connectivity index (χ2n) is 4.65. The van der Waals surface area contributed by atoms with Crippen molar-refractivity contribution in [1.29, 1.82) is 0 Å². The van der Waals surface area contributed by atoms with Gasteiger partial charge in [-0.25, -0.2) is 0 Å². The Kier molecular flexibility index (Phi) is 4.43. The molecule has 0 spiro atoms. The van der Waals surface area contributed by atoms with Crippen molar-refractivity contribution >= 4 is 5.97 Å². The molecule has 1 N–H and O–H groups in total. The molecule has 0 heterocycles. The molecule has 14 heavy (non-hydrogen) atoms. The Morgan fingerprint density at radius 3 is 2.36 bits per heavy atom. The molecule has 0 aromatic heterocycles. The summed E-state index contributed by atoms with van der Waals surface area (Å²) < 4.78 is 0. The minimum atomic E-state index is -0.578. The van der Waals surface area contributed by atoms with Crippen molar-refractivity contribution in [3.8, 4) is 0 Å². The van der Waals surface area contributed by atoms with Crippen molar-refractivity contribution in [3.05, 3.63) is 0 Å². The lowest BCUT2D eigenvalue weighted by molar-refractivity contribution is -0.146. The minimum Gasteiger partial charge on any atom is -0.481 e. The summed E-state index contributed by atoms with van der Waals surface area (Å²) in [4.78, 5) is 11.2. The molecular weight excluding hydrogens is 176 g/mol. The topological polar surface area (TPSA) is 37.3 Å². The third kappa shape index (κ3) is 2.73. The van der Waals surface area contributed by atoms with E-state index < -0.39 is 5.97 Å². The fourth-order valence-corrected chi connectivity index (χ4v) is 2.66. The first-order valence-electron chi connectivity index (χ1n) is 5.89. The van der Waals surface area contributed by atoms with Gasteiger partial charge < -0.3 is 5.11 Å². The van der Waals surface area contributed by atoms with Gasteiger partial charge in [0.2, 0.25) is 0 Å². The highest BCUT2D eigenvalue weighted by molar-refractivity contribution is 5.70. The second kappa shape index (κ2) is 5.38. The average molecular weight is 198 g/mol. The summed E-state index contributed by atoms with van der Waals surface area (Å²) >= 11 is 0. The van der Waals surface area contributed by atoms with Crippen molar-refractivity contribution in [1.82, 2.24) is 0 Å². The molecule has 0 saturated heterocycles. The third-order valence-electron chi connectivity index (χ3n) is 3.70. The van der Waals surface area contributed by atoms with Crippen LogP contribution in [0.4, 0.5) is 0 Å². The van der Waals surface area contributed by atoms with Gasteiger partial charge >= 0.3 is 5.97 Å². The summed E-state index contributed by atoms with van der Waals surface area (Å²) in [6.07, 6.45) is 6.98. The molecule has 0 aromatic rings. The first-order valence-corrected chi connectivity index (χ1v) is 5.89. The van der Waals surface area contributed by atoms with Crippen molar-refractivity contribution in [2.45, 2.75) is 52.4 Å². The Morgan fingerprint density at radius 1 is 1.36 bits per heavy atom. The minimum absolute atomic E-state index is 0.0969. The largest absolute Gasteiger partial charge is 0.481 e. The molecule has 0 amide bonds. The highest BCUT2D eigenvalue weighted by Gasteiger charge is 2.32. The fraction of sp³-hybridized carbons (Fsp3) is 0.917. The van der Waals surface area contributed by atoms with Gasteiger partial charge in [-0.3, -0.25) is 4.79 Å². The predicted octanol–water partition coefficient (Wildman–Crippen LogP) is 3.31. The van der Waals surface area contributed by atoms with Crippen molar-refractivity contribution in [2.24, 2.45) is 17.8 Å². The second-order valence-corrected chi connectivity index (χ2v) is 4.65. The standard InChI is InChI=1S/C12H22O2/c1-3-9(2)11(12(13)14)10-7-5-4-6-8-10/h9-11H,3-8H2,1-2H3,(H,13,14). The van der Waals surface area contributed by atoms with Gasteiger partial charge in [-0.2, -0.15) is 0 Å². The van der Waals surface area contributed by atoms with Crippen LogP contribution < -0.4 is 0 Å². The number of hydrogen-bond acceptors (Lipinski definition) is 1. The van der Waals surface area contributed by atoms with Crippen molar-refractivity contribution in [3.63, 3.8) is 0 Å². The smallest absolute Gasteiger partial charge is 0.307 e. The van der Waals surface area contributed by atoms with Crippen LogP contribution in [0, 0.1) is 17.8 Å². The van der Waals surface area contributed by atoms with Gasteiger partial charge in [0.05, 0.1) is 5.92 Å². The Hall–Kier alpha value is -0.530. The zero-order chi connectivity index (χ0) is 10.6. The summed E-state index contributed by atoms with van der Waals surface area (Å²) in [6, 6.07) is 0. The monoisotopic (exact) mass is 198 g/mol. The van der Waals surface area contributed by atoms with Gasteiger partial charge in [-0.05, 0) is 24.7 Å². The van der Waals surface area contributed by atoms with E-state index in [1.165, 1.54) is 19.3 Å². The molecule has 1 aliphatic rings. The fourth-order valence-electron chi connectivity index (χ4n) is 2.66. The summed E-state index contributed by atoms with van der Waals surface area (Å²) in [5.41, 5.74) is 0. The van der Waals surface area contributed by atoms with Crippen LogP contribution in [0.2, 0.25) is 0 Å². The Bertz CT molecular complexity index is 183. The van der Waals surface area contributed by atoms with E-state index in [0.717, 1.165) is 19.3 Å². The number of aliphatic carboxylic acids is 1. The van der Waals surface area contributed by atoms with Crippen LogP contribution in [0.25, 0.3) is 0 Å². The maximum absolute atomic E-state index is 11.2. The van der Waals surface area contributed by atoms with Crippen LogP contribution in [0.15, 0.2) is 0 Å². The van der Waals surface area contributed by atoms with E-state index >= 15 is 0 Å². The van der Waals surface area contributed by atoms with Crippen LogP contribution >= 0.6 is 0 Å². The highest BCUT2D eigenvalue weighted by Crippen LogP contribution is 2.35. The molecule has 2 atom stereocenters. The first-order chi connectivity index (χ1) is 6.66. The van der Waals surface area contributed by atoms with Gasteiger partial charge in [-0.15, -0.1) is 0 Å². The molecular formula is C12H22O2. The van der Waals surface area contributed by atoms with Crippen LogP contribution in [-0.4, -0.2) is 11.1 Å². The quantitative estimate of drug-likeness (QED) is 0.752. The van der Waals surface area contributed by atoms with E-state index in [2.05, 4.69) is 13.8 Å². The van der Waals surface area contributed by atoms with Gasteiger partial charge in [-0.1, -0.05) is 39.5 Å². The third-order valence-corrected chi connectivity index (χ3v) is 3.70. The maximum Gasteiger partial charge on any atom is 0.307 e. The Morgan fingerprint density at radius 2 is 1.93 bits per heavy atom. The van der Waals surface area contributed by atoms with Gasteiger partial charge in [0.25, 0.3) is 0 Å². The van der Waals surface area contributed by atoms with E-state index in [0.29, 0.717) is 11.8 Å². The lowest BCUT2D eigenvalue weighted by Gasteiger charge is -2.30. The molecule has 1 aliphatic carbocycles. The lowest BCUT2D eigenvalue weighted by Crippen LogP contribution is -2.30. The Labute approximate surface area is 86.7 Å². The molecule has 0 aromatic carbocycles. The summed E-state index contributed by atoms with van der Waals surface area (Å²) in [5.74, 6) is 0.0957. The van der Waals surface area contributed by atoms with Crippen LogP contribution in [0.1, 0.15) is 52.4 Å². The number of carboxylic acid groups (broad SMARTS) is 1. The number of hydrogen-bond donors (Lipinski definition) is 1. The van der Waals surface area contributed by atoms with E-state index in [1.54, 1.807) is 0 Å². The van der Waals surface area contributed by atoms with Crippen molar-refractivity contribution < 1.29 is 9.90 Å². The zero-order valence-electron chi connectivity index (χ0n) is 9.33. The molecule has 1 rings (SSSR count). The molecule has 2 heteroatoms. The molecule has 1 fully saturated rings. The summed E-state index contributed by atoms with van der Waals surface area (Å²) in [7, 11) is 0. The highest BCUT2D eigenvalue weighted by atomic mass is 16.4. The van der Waals surface area contributed by atoms with E-state index in [-0.39, 0.29) is 5.92 Å². The molecule has 2 unspecified atom stereocenters. The van der Waals surface area contributed by atoms with Gasteiger partial charge in [0.15, 0.2) is 0 Å². The zero-order valence-corrected chi connectivity index (χ0v) is 9.33. The van der Waals surface area contributed by atoms with Gasteiger partial charge in [0, 0.05) is 0 Å². The summed E-state index contributed by atoms with van der Waals surface area (Å²) in [6.45, 7) is 4.16. The first kappa shape index (κ1) is 11.5. The summed E-state index contributed by atoms with van der Waals surface area (Å²) in [5, 5.41) is 9.23. The average Bonchev–Trinajstić information content (AvgIpc) is 2.19. The molecule has 0 aliphatic heterocycles. The molecule has 0 bridgehead atoms.